The molecular formula is C24H31N3O4S. The molecule has 0 N–H and O–H groups in total. The molecular weight excluding hydrogens is 426 g/mol. The number of anilines is 1. The molecule has 0 unspecified atom stereocenters. The van der Waals surface area contributed by atoms with Crippen LogP contribution in [-0.4, -0.2) is 63.3 Å². The standard InChI is InChI=1S/C24H31N3O4S/c1-19(2)9-14-23(28)26-15-17-27(18-16-26)24(29)20-10-12-22(13-11-20)32(30,31)25(3)21-7-5-4-6-8-21/h4-8,10-13,19H,9,14-18H2,1-3H3. The van der Waals surface area contributed by atoms with E-state index >= 15 is 0 Å². The van der Waals surface area contributed by atoms with Crippen LogP contribution in [0.2, 0.25) is 0 Å². The first-order chi connectivity index (χ1) is 15.2. The van der Waals surface area contributed by atoms with E-state index < -0.39 is 10.0 Å². The van der Waals surface area contributed by atoms with Gasteiger partial charge < -0.3 is 9.80 Å². The molecule has 0 bridgehead atoms. The molecule has 2 aromatic carbocycles. The molecule has 1 heterocycles. The largest absolute Gasteiger partial charge is 0.339 e. The maximum atomic E-state index is 12.9. The van der Waals surface area contributed by atoms with Gasteiger partial charge in [-0.1, -0.05) is 32.0 Å². The second-order valence-corrected chi connectivity index (χ2v) is 10.4. The molecule has 32 heavy (non-hydrogen) atoms. The molecule has 7 nitrogen and oxygen atoms in total. The number of sulfonamides is 1. The van der Waals surface area contributed by atoms with Crippen molar-refractivity contribution in [3.8, 4) is 0 Å². The fraction of sp³-hybridized carbons (Fsp3) is 0.417. The van der Waals surface area contributed by atoms with Gasteiger partial charge in [-0.25, -0.2) is 8.42 Å². The topological polar surface area (TPSA) is 78.0 Å². The number of hydrogen-bond acceptors (Lipinski definition) is 4. The Balaban J connectivity index is 1.62. The summed E-state index contributed by atoms with van der Waals surface area (Å²) >= 11 is 0. The van der Waals surface area contributed by atoms with Crippen LogP contribution in [0.25, 0.3) is 0 Å². The molecule has 1 aliphatic heterocycles. The first kappa shape index (κ1) is 23.8. The van der Waals surface area contributed by atoms with E-state index in [1.54, 1.807) is 41.3 Å². The van der Waals surface area contributed by atoms with Crippen LogP contribution in [0.15, 0.2) is 59.5 Å². The Hall–Kier alpha value is -2.87. The number of benzene rings is 2. The van der Waals surface area contributed by atoms with Crippen molar-refractivity contribution in [3.63, 3.8) is 0 Å². The van der Waals surface area contributed by atoms with Crippen molar-refractivity contribution in [2.24, 2.45) is 5.92 Å². The third kappa shape index (κ3) is 5.48. The molecule has 1 saturated heterocycles. The van der Waals surface area contributed by atoms with E-state index in [4.69, 9.17) is 0 Å². The Labute approximate surface area is 190 Å². The summed E-state index contributed by atoms with van der Waals surface area (Å²) in [6.07, 6.45) is 1.41. The zero-order valence-electron chi connectivity index (χ0n) is 18.9. The van der Waals surface area contributed by atoms with Gasteiger partial charge in [-0.15, -0.1) is 0 Å². The number of rotatable bonds is 7. The average molecular weight is 458 g/mol. The van der Waals surface area contributed by atoms with Gasteiger partial charge in [0.15, 0.2) is 0 Å². The minimum atomic E-state index is -3.72. The normalized spacial score (nSPS) is 14.5. The van der Waals surface area contributed by atoms with Crippen molar-refractivity contribution in [2.75, 3.05) is 37.5 Å². The summed E-state index contributed by atoms with van der Waals surface area (Å²) < 4.78 is 27.0. The fourth-order valence-electron chi connectivity index (χ4n) is 3.62. The van der Waals surface area contributed by atoms with E-state index in [1.807, 2.05) is 11.0 Å². The lowest BCUT2D eigenvalue weighted by Gasteiger charge is -2.35. The highest BCUT2D eigenvalue weighted by atomic mass is 32.2. The lowest BCUT2D eigenvalue weighted by atomic mass is 10.1. The molecule has 0 spiro atoms. The third-order valence-electron chi connectivity index (χ3n) is 5.73. The number of piperazine rings is 1. The third-order valence-corrected chi connectivity index (χ3v) is 7.53. The predicted octanol–water partition coefficient (Wildman–Crippen LogP) is 3.23. The summed E-state index contributed by atoms with van der Waals surface area (Å²) in [4.78, 5) is 28.8. The van der Waals surface area contributed by atoms with Crippen LogP contribution in [0.3, 0.4) is 0 Å². The first-order valence-corrected chi connectivity index (χ1v) is 12.3. The Morgan fingerprint density at radius 2 is 1.47 bits per heavy atom. The van der Waals surface area contributed by atoms with Gasteiger partial charge in [0.25, 0.3) is 15.9 Å². The van der Waals surface area contributed by atoms with E-state index in [-0.39, 0.29) is 16.7 Å². The molecule has 1 fully saturated rings. The zero-order chi connectivity index (χ0) is 23.3. The van der Waals surface area contributed by atoms with Crippen LogP contribution >= 0.6 is 0 Å². The van der Waals surface area contributed by atoms with E-state index in [2.05, 4.69) is 13.8 Å². The van der Waals surface area contributed by atoms with Crippen molar-refractivity contribution in [1.82, 2.24) is 9.80 Å². The maximum absolute atomic E-state index is 12.9. The molecule has 0 saturated carbocycles. The lowest BCUT2D eigenvalue weighted by molar-refractivity contribution is -0.132. The number of para-hydroxylation sites is 1. The van der Waals surface area contributed by atoms with Crippen molar-refractivity contribution in [3.05, 3.63) is 60.2 Å². The second-order valence-electron chi connectivity index (χ2n) is 8.44. The molecule has 0 atom stereocenters. The van der Waals surface area contributed by atoms with Gasteiger partial charge in [-0.05, 0) is 48.7 Å². The Morgan fingerprint density at radius 3 is 2.03 bits per heavy atom. The molecule has 3 rings (SSSR count). The molecule has 0 aliphatic carbocycles. The minimum Gasteiger partial charge on any atom is -0.339 e. The van der Waals surface area contributed by atoms with Crippen LogP contribution in [0.4, 0.5) is 5.69 Å². The summed E-state index contributed by atoms with van der Waals surface area (Å²) in [7, 11) is -2.22. The Bertz CT molecular complexity index is 1030. The average Bonchev–Trinajstić information content (AvgIpc) is 2.82. The van der Waals surface area contributed by atoms with Gasteiger partial charge in [-0.3, -0.25) is 13.9 Å². The molecule has 2 aromatic rings. The van der Waals surface area contributed by atoms with Crippen LogP contribution in [-0.2, 0) is 14.8 Å². The van der Waals surface area contributed by atoms with Crippen molar-refractivity contribution in [1.29, 1.82) is 0 Å². The quantitative estimate of drug-likeness (QED) is 0.640. The Kier molecular flexibility index (Phi) is 7.56. The van der Waals surface area contributed by atoms with Crippen molar-refractivity contribution >= 4 is 27.5 Å². The maximum Gasteiger partial charge on any atom is 0.264 e. The summed E-state index contributed by atoms with van der Waals surface area (Å²) in [5, 5.41) is 0. The van der Waals surface area contributed by atoms with Crippen molar-refractivity contribution in [2.45, 2.75) is 31.6 Å². The molecule has 172 valence electrons. The highest BCUT2D eigenvalue weighted by Crippen LogP contribution is 2.22. The van der Waals surface area contributed by atoms with Crippen LogP contribution < -0.4 is 4.31 Å². The van der Waals surface area contributed by atoms with Gasteiger partial charge >= 0.3 is 0 Å². The van der Waals surface area contributed by atoms with E-state index in [0.717, 1.165) is 6.42 Å². The molecule has 2 amide bonds. The first-order valence-electron chi connectivity index (χ1n) is 10.9. The molecule has 8 heteroatoms. The summed E-state index contributed by atoms with van der Waals surface area (Å²) in [5.74, 6) is 0.476. The van der Waals surface area contributed by atoms with E-state index in [9.17, 15) is 18.0 Å². The van der Waals surface area contributed by atoms with Crippen LogP contribution in [0.1, 0.15) is 37.0 Å². The summed E-state index contributed by atoms with van der Waals surface area (Å²) in [6, 6.07) is 14.9. The van der Waals surface area contributed by atoms with Gasteiger partial charge in [0.1, 0.15) is 0 Å². The van der Waals surface area contributed by atoms with E-state index in [0.29, 0.717) is 49.8 Å². The highest BCUT2D eigenvalue weighted by Gasteiger charge is 2.26. The lowest BCUT2D eigenvalue weighted by Crippen LogP contribution is -2.50. The summed E-state index contributed by atoms with van der Waals surface area (Å²) in [6.45, 7) is 6.19. The Morgan fingerprint density at radius 1 is 0.906 bits per heavy atom. The minimum absolute atomic E-state index is 0.126. The zero-order valence-corrected chi connectivity index (χ0v) is 19.7. The number of hydrogen-bond donors (Lipinski definition) is 0. The number of carbonyl (C=O) groups excluding carboxylic acids is 2. The second kappa shape index (κ2) is 10.2. The fourth-order valence-corrected chi connectivity index (χ4v) is 4.81. The predicted molar refractivity (Wildman–Crippen MR) is 125 cm³/mol. The molecule has 0 radical (unpaired) electrons. The number of nitrogens with zero attached hydrogens (tertiary/aromatic N) is 3. The smallest absolute Gasteiger partial charge is 0.264 e. The van der Waals surface area contributed by atoms with Gasteiger partial charge in [0.05, 0.1) is 10.6 Å². The van der Waals surface area contributed by atoms with Gasteiger partial charge in [0, 0.05) is 45.2 Å². The summed E-state index contributed by atoms with van der Waals surface area (Å²) in [5.41, 5.74) is 0.999. The van der Waals surface area contributed by atoms with Crippen molar-refractivity contribution < 1.29 is 18.0 Å². The number of amides is 2. The SMILES string of the molecule is CC(C)CCC(=O)N1CCN(C(=O)c2ccc(S(=O)(=O)N(C)c3ccccc3)cc2)CC1. The van der Waals surface area contributed by atoms with Gasteiger partial charge in [-0.2, -0.15) is 0 Å². The van der Waals surface area contributed by atoms with Crippen LogP contribution in [0.5, 0.6) is 0 Å². The molecule has 1 aliphatic rings. The number of carbonyl (C=O) groups is 2. The molecule has 0 aromatic heterocycles. The highest BCUT2D eigenvalue weighted by molar-refractivity contribution is 7.92. The van der Waals surface area contributed by atoms with Gasteiger partial charge in [0.2, 0.25) is 5.91 Å². The van der Waals surface area contributed by atoms with E-state index in [1.165, 1.54) is 23.5 Å². The monoisotopic (exact) mass is 457 g/mol. The van der Waals surface area contributed by atoms with Crippen LogP contribution in [0, 0.1) is 5.92 Å².